The zero-order valence-corrected chi connectivity index (χ0v) is 39.3. The quantitative estimate of drug-likeness (QED) is 0.0846. The van der Waals surface area contributed by atoms with Crippen molar-refractivity contribution in [3.63, 3.8) is 0 Å². The van der Waals surface area contributed by atoms with Crippen LogP contribution in [0.3, 0.4) is 0 Å². The number of carbonyl (C=O) groups is 6. The Labute approximate surface area is 398 Å². The van der Waals surface area contributed by atoms with Crippen molar-refractivity contribution in [3.8, 4) is 0 Å². The second-order valence-electron chi connectivity index (χ2n) is 17.6. The maximum atomic E-state index is 13.9. The van der Waals surface area contributed by atoms with Crippen molar-refractivity contribution in [2.75, 3.05) is 85.2 Å². The largest absolute Gasteiger partial charge is 0.416 e. The molecule has 1 aromatic carbocycles. The molecule has 2 aliphatic heterocycles. The zero-order valence-electron chi connectivity index (χ0n) is 39.3. The van der Waals surface area contributed by atoms with Crippen molar-refractivity contribution in [1.82, 2.24) is 50.9 Å². The van der Waals surface area contributed by atoms with Gasteiger partial charge in [0.25, 0.3) is 0 Å². The SMILES string of the molecule is CC(C)N(C)[C@@H]1CC[C@H](N2CC[C@H](Nc3ncnc4ccc(C(F)(F)F)cc34)C2=O)[C@H](NC(=O)COCCNC(=O)CNC(=O)COCCOCCNC(=O)[C@H]2CC(=O)N(C)[C@@H]2c2cccnc2)C1. The van der Waals surface area contributed by atoms with Crippen LogP contribution in [0, 0.1) is 5.92 Å². The second kappa shape index (κ2) is 24.5. The van der Waals surface area contributed by atoms with Crippen molar-refractivity contribution in [2.24, 2.45) is 5.92 Å². The minimum atomic E-state index is -4.57. The normalized spacial score (nSPS) is 21.8. The van der Waals surface area contributed by atoms with Crippen LogP contribution < -0.4 is 26.6 Å². The summed E-state index contributed by atoms with van der Waals surface area (Å²) in [6.07, 6.45) is 2.39. The highest BCUT2D eigenvalue weighted by atomic mass is 19.4. The fraction of sp³-hybridized carbons (Fsp3) is 0.587. The maximum absolute atomic E-state index is 13.9. The van der Waals surface area contributed by atoms with Crippen LogP contribution in [-0.2, 0) is 49.2 Å². The summed E-state index contributed by atoms with van der Waals surface area (Å²) in [5, 5.41) is 14.2. The average Bonchev–Trinajstić information content (AvgIpc) is 3.84. The van der Waals surface area contributed by atoms with E-state index in [9.17, 15) is 41.9 Å². The van der Waals surface area contributed by atoms with Gasteiger partial charge in [-0.2, -0.15) is 13.2 Å². The maximum Gasteiger partial charge on any atom is 0.416 e. The topological polar surface area (TPSA) is 239 Å². The number of alkyl halides is 3. The number of halogens is 3. The summed E-state index contributed by atoms with van der Waals surface area (Å²) in [5.74, 6) is -2.44. The van der Waals surface area contributed by atoms with Gasteiger partial charge in [0.2, 0.25) is 35.4 Å². The number of ether oxygens (including phenoxy) is 3. The first-order valence-corrected chi connectivity index (χ1v) is 23.1. The third kappa shape index (κ3) is 14.3. The van der Waals surface area contributed by atoms with Gasteiger partial charge in [-0.25, -0.2) is 9.97 Å². The standard InChI is InChI=1S/C46H62F3N11O9/c1-28(2)58(3)31-8-10-37(60-15-11-35(45(60)66)57-43-32-20-30(46(47,48)49)7-9-34(32)54-27-55-43)36(21-31)56-40(63)26-68-17-13-51-38(61)24-53-39(62)25-69-19-18-67-16-14-52-44(65)33-22-41(64)59(4)42(33)29-6-5-12-50-23-29/h5-7,9,12,20,23,27-28,31,33,35-37,42H,8,10-11,13-19,21-22,24-26H2,1-4H3,(H,51,61)(H,52,65)(H,53,62)(H,56,63)(H,54,55,57)/t31-,33+,35+,36-,37+,42-/m1/s1. The minimum Gasteiger partial charge on any atom is -0.377 e. The monoisotopic (exact) mass is 969 g/mol. The summed E-state index contributed by atoms with van der Waals surface area (Å²) in [6, 6.07) is 5.27. The fourth-order valence-electron chi connectivity index (χ4n) is 8.97. The lowest BCUT2D eigenvalue weighted by Gasteiger charge is -2.44. The van der Waals surface area contributed by atoms with Crippen molar-refractivity contribution < 1.29 is 56.1 Å². The number of fused-ring (bicyclic) bond motifs is 1. The summed E-state index contributed by atoms with van der Waals surface area (Å²) in [6.45, 7) is 4.37. The predicted molar refractivity (Wildman–Crippen MR) is 244 cm³/mol. The molecule has 23 heteroatoms. The number of rotatable bonds is 23. The summed E-state index contributed by atoms with van der Waals surface area (Å²) in [4.78, 5) is 94.8. The number of pyridine rings is 1. The summed E-state index contributed by atoms with van der Waals surface area (Å²) >= 11 is 0. The van der Waals surface area contributed by atoms with Crippen molar-refractivity contribution in [3.05, 3.63) is 60.2 Å². The molecule has 1 aliphatic carbocycles. The van der Waals surface area contributed by atoms with Crippen molar-refractivity contribution in [2.45, 2.75) is 88.4 Å². The Morgan fingerprint density at radius 1 is 0.899 bits per heavy atom. The minimum absolute atomic E-state index is 0.0103. The molecule has 20 nitrogen and oxygen atoms in total. The van der Waals surface area contributed by atoms with E-state index in [-0.39, 0.29) is 113 Å². The molecule has 3 fully saturated rings. The van der Waals surface area contributed by atoms with Gasteiger partial charge in [0.05, 0.1) is 68.1 Å². The molecule has 0 bridgehead atoms. The van der Waals surface area contributed by atoms with E-state index in [0.717, 1.165) is 24.1 Å². The van der Waals surface area contributed by atoms with Gasteiger partial charge in [0.15, 0.2) is 0 Å². The van der Waals surface area contributed by atoms with Crippen LogP contribution in [0.4, 0.5) is 19.0 Å². The van der Waals surface area contributed by atoms with E-state index in [1.807, 2.05) is 13.1 Å². The number of aromatic nitrogens is 3. The molecule has 6 atom stereocenters. The summed E-state index contributed by atoms with van der Waals surface area (Å²) in [5.41, 5.74) is 0.236. The number of anilines is 1. The summed E-state index contributed by atoms with van der Waals surface area (Å²) < 4.78 is 56.9. The molecular formula is C46H62F3N11O9. The van der Waals surface area contributed by atoms with E-state index in [1.165, 1.54) is 12.4 Å². The number of hydrogen-bond acceptors (Lipinski definition) is 14. The Morgan fingerprint density at radius 3 is 2.39 bits per heavy atom. The lowest BCUT2D eigenvalue weighted by atomic mass is 9.84. The molecule has 376 valence electrons. The summed E-state index contributed by atoms with van der Waals surface area (Å²) in [7, 11) is 3.69. The van der Waals surface area contributed by atoms with E-state index >= 15 is 0 Å². The number of nitrogens with zero attached hydrogens (tertiary/aromatic N) is 6. The van der Waals surface area contributed by atoms with Crippen LogP contribution >= 0.6 is 0 Å². The lowest BCUT2D eigenvalue weighted by molar-refractivity contribution is -0.137. The van der Waals surface area contributed by atoms with Gasteiger partial charge in [-0.05, 0) is 76.4 Å². The molecule has 0 radical (unpaired) electrons. The Hall–Kier alpha value is -6.04. The third-order valence-electron chi connectivity index (χ3n) is 12.8. The van der Waals surface area contributed by atoms with Crippen molar-refractivity contribution >= 4 is 52.2 Å². The molecule has 69 heavy (non-hydrogen) atoms. The number of likely N-dealkylation sites (tertiary alicyclic amines) is 2. The van der Waals surface area contributed by atoms with E-state index in [0.29, 0.717) is 31.3 Å². The number of nitrogens with one attached hydrogen (secondary N) is 5. The van der Waals surface area contributed by atoms with E-state index in [2.05, 4.69) is 60.3 Å². The van der Waals surface area contributed by atoms with Gasteiger partial charge < -0.3 is 55.5 Å². The number of hydrogen-bond donors (Lipinski definition) is 5. The highest BCUT2D eigenvalue weighted by molar-refractivity contribution is 5.94. The molecule has 3 aromatic rings. The van der Waals surface area contributed by atoms with Gasteiger partial charge in [-0.3, -0.25) is 33.8 Å². The molecule has 4 heterocycles. The number of amides is 6. The number of carbonyl (C=O) groups excluding carboxylic acids is 6. The highest BCUT2D eigenvalue weighted by Crippen LogP contribution is 2.37. The molecule has 3 aliphatic rings. The Morgan fingerprint density at radius 2 is 1.64 bits per heavy atom. The van der Waals surface area contributed by atoms with Crippen LogP contribution in [0.25, 0.3) is 10.9 Å². The van der Waals surface area contributed by atoms with Crippen LogP contribution in [0.1, 0.15) is 63.1 Å². The zero-order chi connectivity index (χ0) is 49.7. The van der Waals surface area contributed by atoms with E-state index in [1.54, 1.807) is 35.3 Å². The van der Waals surface area contributed by atoms with Crippen LogP contribution in [0.5, 0.6) is 0 Å². The Bertz CT molecular complexity index is 2260. The number of benzene rings is 1. The Kier molecular flexibility index (Phi) is 18.6. The molecular weight excluding hydrogens is 908 g/mol. The molecule has 6 amide bonds. The first-order valence-electron chi connectivity index (χ1n) is 23.1. The molecule has 2 saturated heterocycles. The molecule has 6 rings (SSSR count). The first-order chi connectivity index (χ1) is 33.0. The fourth-order valence-corrected chi connectivity index (χ4v) is 8.97. The predicted octanol–water partition coefficient (Wildman–Crippen LogP) is 1.42. The first kappa shape index (κ1) is 52.3. The van der Waals surface area contributed by atoms with Gasteiger partial charge >= 0.3 is 6.18 Å². The van der Waals surface area contributed by atoms with Crippen molar-refractivity contribution in [1.29, 1.82) is 0 Å². The molecule has 5 N–H and O–H groups in total. The van der Waals surface area contributed by atoms with E-state index in [4.69, 9.17) is 14.2 Å². The molecule has 0 spiro atoms. The van der Waals surface area contributed by atoms with Gasteiger partial charge in [0, 0.05) is 63.0 Å². The third-order valence-corrected chi connectivity index (χ3v) is 12.8. The molecule has 2 aromatic heterocycles. The highest BCUT2D eigenvalue weighted by Gasteiger charge is 2.44. The Balaban J connectivity index is 0.850. The van der Waals surface area contributed by atoms with Gasteiger partial charge in [0.1, 0.15) is 31.4 Å². The van der Waals surface area contributed by atoms with Gasteiger partial charge in [-0.15, -0.1) is 0 Å². The second-order valence-corrected chi connectivity index (χ2v) is 17.6. The smallest absolute Gasteiger partial charge is 0.377 e. The molecule has 0 unspecified atom stereocenters. The molecule has 1 saturated carbocycles. The van der Waals surface area contributed by atoms with Gasteiger partial charge in [-0.1, -0.05) is 6.07 Å². The lowest BCUT2D eigenvalue weighted by Crippen LogP contribution is -2.59. The average molecular weight is 970 g/mol. The van der Waals surface area contributed by atoms with E-state index < -0.39 is 53.5 Å². The van der Waals surface area contributed by atoms with Crippen LogP contribution in [-0.4, -0.2) is 175 Å². The van der Waals surface area contributed by atoms with Crippen LogP contribution in [0.15, 0.2) is 49.1 Å². The van der Waals surface area contributed by atoms with Crippen LogP contribution in [0.2, 0.25) is 0 Å².